The van der Waals surface area contributed by atoms with Crippen LogP contribution in [0, 0.1) is 6.92 Å². The SMILES string of the molecule is Cc1ccc(C(=O)N(C)Cc2ccco2)c(C2CCN(C(=O)c3ccc(O)c(Cl)c3)CC2)n1. The van der Waals surface area contributed by atoms with Gasteiger partial charge < -0.3 is 19.3 Å². The minimum atomic E-state index is -0.123. The summed E-state index contributed by atoms with van der Waals surface area (Å²) in [5.74, 6) is 0.516. The van der Waals surface area contributed by atoms with Crippen LogP contribution in [0.3, 0.4) is 0 Å². The maximum absolute atomic E-state index is 13.2. The number of amides is 2. The van der Waals surface area contributed by atoms with Crippen LogP contribution in [-0.2, 0) is 6.54 Å². The molecule has 0 atom stereocenters. The van der Waals surface area contributed by atoms with Crippen molar-refractivity contribution >= 4 is 23.4 Å². The van der Waals surface area contributed by atoms with Crippen molar-refractivity contribution in [3.8, 4) is 5.75 Å². The van der Waals surface area contributed by atoms with Crippen molar-refractivity contribution in [1.29, 1.82) is 0 Å². The molecule has 2 aromatic heterocycles. The number of aromatic hydroxyl groups is 1. The van der Waals surface area contributed by atoms with Crippen LogP contribution >= 0.6 is 11.6 Å². The highest BCUT2D eigenvalue weighted by molar-refractivity contribution is 6.32. The summed E-state index contributed by atoms with van der Waals surface area (Å²) in [6.45, 7) is 3.39. The molecule has 4 rings (SSSR count). The fraction of sp³-hybridized carbons (Fsp3) is 0.320. The normalized spacial score (nSPS) is 14.3. The molecule has 0 unspecified atom stereocenters. The van der Waals surface area contributed by atoms with Gasteiger partial charge in [0.1, 0.15) is 11.5 Å². The first-order valence-corrected chi connectivity index (χ1v) is 11.2. The molecule has 1 saturated heterocycles. The Bertz CT molecular complexity index is 1150. The van der Waals surface area contributed by atoms with Gasteiger partial charge in [0, 0.05) is 37.3 Å². The number of pyridine rings is 1. The molecule has 3 heterocycles. The maximum atomic E-state index is 13.2. The molecule has 3 aromatic rings. The number of carbonyl (C=O) groups is 2. The average molecular weight is 468 g/mol. The van der Waals surface area contributed by atoms with Gasteiger partial charge in [0.15, 0.2) is 0 Å². The van der Waals surface area contributed by atoms with E-state index in [-0.39, 0.29) is 28.5 Å². The monoisotopic (exact) mass is 467 g/mol. The summed E-state index contributed by atoms with van der Waals surface area (Å²) in [6.07, 6.45) is 3.00. The van der Waals surface area contributed by atoms with Crippen molar-refractivity contribution in [2.24, 2.45) is 0 Å². The van der Waals surface area contributed by atoms with E-state index in [0.29, 0.717) is 49.4 Å². The molecule has 33 heavy (non-hydrogen) atoms. The summed E-state index contributed by atoms with van der Waals surface area (Å²) < 4.78 is 5.37. The minimum Gasteiger partial charge on any atom is -0.506 e. The van der Waals surface area contributed by atoms with Gasteiger partial charge >= 0.3 is 0 Å². The number of likely N-dealkylation sites (tertiary alicyclic amines) is 1. The molecule has 172 valence electrons. The highest BCUT2D eigenvalue weighted by Gasteiger charge is 2.29. The Morgan fingerprint density at radius 3 is 2.64 bits per heavy atom. The third-order valence-electron chi connectivity index (χ3n) is 5.98. The van der Waals surface area contributed by atoms with Gasteiger partial charge in [-0.15, -0.1) is 0 Å². The number of aryl methyl sites for hydroxylation is 1. The van der Waals surface area contributed by atoms with Crippen LogP contribution < -0.4 is 0 Å². The Morgan fingerprint density at radius 2 is 1.97 bits per heavy atom. The molecular formula is C25H26ClN3O4. The molecule has 0 radical (unpaired) electrons. The lowest BCUT2D eigenvalue weighted by atomic mass is 9.89. The number of hydrogen-bond acceptors (Lipinski definition) is 5. The molecule has 1 fully saturated rings. The van der Waals surface area contributed by atoms with Crippen LogP contribution in [0.5, 0.6) is 5.75 Å². The van der Waals surface area contributed by atoms with E-state index in [9.17, 15) is 14.7 Å². The number of piperidine rings is 1. The Morgan fingerprint density at radius 1 is 1.21 bits per heavy atom. The Hall–Kier alpha value is -3.32. The van der Waals surface area contributed by atoms with Crippen molar-refractivity contribution < 1.29 is 19.1 Å². The number of carbonyl (C=O) groups excluding carboxylic acids is 2. The number of hydrogen-bond donors (Lipinski definition) is 1. The summed E-state index contributed by atoms with van der Waals surface area (Å²) in [5.41, 5.74) is 2.67. The molecule has 8 heteroatoms. The molecule has 1 N–H and O–H groups in total. The number of phenols is 1. The number of phenolic OH excluding ortho intramolecular Hbond substituents is 1. The quantitative estimate of drug-likeness (QED) is 0.591. The predicted molar refractivity (Wildman–Crippen MR) is 124 cm³/mol. The first-order chi connectivity index (χ1) is 15.8. The Labute approximate surface area is 197 Å². The van der Waals surface area contributed by atoms with Gasteiger partial charge in [-0.05, 0) is 62.2 Å². The Balaban J connectivity index is 1.47. The lowest BCUT2D eigenvalue weighted by molar-refractivity contribution is 0.0706. The summed E-state index contributed by atoms with van der Waals surface area (Å²) in [5, 5.41) is 9.75. The van der Waals surface area contributed by atoms with Crippen molar-refractivity contribution in [1.82, 2.24) is 14.8 Å². The van der Waals surface area contributed by atoms with Gasteiger partial charge in [-0.3, -0.25) is 14.6 Å². The van der Waals surface area contributed by atoms with Gasteiger partial charge in [0.05, 0.1) is 29.1 Å². The number of halogens is 1. The van der Waals surface area contributed by atoms with E-state index < -0.39 is 0 Å². The van der Waals surface area contributed by atoms with E-state index in [1.54, 1.807) is 35.2 Å². The molecule has 7 nitrogen and oxygen atoms in total. The third-order valence-corrected chi connectivity index (χ3v) is 6.28. The van der Waals surface area contributed by atoms with Gasteiger partial charge in [0.25, 0.3) is 11.8 Å². The molecule has 1 aliphatic heterocycles. The van der Waals surface area contributed by atoms with Crippen LogP contribution in [0.4, 0.5) is 0 Å². The molecule has 0 spiro atoms. The van der Waals surface area contributed by atoms with Gasteiger partial charge in [0.2, 0.25) is 0 Å². The molecule has 1 aromatic carbocycles. The van der Waals surface area contributed by atoms with Gasteiger partial charge in [-0.1, -0.05) is 11.6 Å². The van der Waals surface area contributed by atoms with E-state index in [2.05, 4.69) is 0 Å². The van der Waals surface area contributed by atoms with Crippen LogP contribution in [0.15, 0.2) is 53.1 Å². The molecule has 0 bridgehead atoms. The van der Waals surface area contributed by atoms with Crippen molar-refractivity contribution in [3.05, 3.63) is 82.0 Å². The van der Waals surface area contributed by atoms with Crippen LogP contribution in [0.25, 0.3) is 0 Å². The number of rotatable bonds is 5. The molecule has 2 amide bonds. The number of nitrogens with zero attached hydrogens (tertiary/aromatic N) is 3. The number of benzene rings is 1. The summed E-state index contributed by atoms with van der Waals surface area (Å²) in [7, 11) is 1.75. The zero-order chi connectivity index (χ0) is 23.5. The smallest absolute Gasteiger partial charge is 0.255 e. The zero-order valence-corrected chi connectivity index (χ0v) is 19.4. The van der Waals surface area contributed by atoms with E-state index in [1.165, 1.54) is 12.1 Å². The fourth-order valence-electron chi connectivity index (χ4n) is 4.16. The highest BCUT2D eigenvalue weighted by atomic mass is 35.5. The van der Waals surface area contributed by atoms with E-state index in [4.69, 9.17) is 21.0 Å². The minimum absolute atomic E-state index is 0.0494. The lowest BCUT2D eigenvalue weighted by Crippen LogP contribution is -2.38. The van der Waals surface area contributed by atoms with E-state index in [0.717, 1.165) is 11.4 Å². The summed E-state index contributed by atoms with van der Waals surface area (Å²) >= 11 is 5.96. The lowest BCUT2D eigenvalue weighted by Gasteiger charge is -2.33. The van der Waals surface area contributed by atoms with Gasteiger partial charge in [-0.25, -0.2) is 0 Å². The van der Waals surface area contributed by atoms with Crippen LogP contribution in [0.2, 0.25) is 5.02 Å². The number of aromatic nitrogens is 1. The van der Waals surface area contributed by atoms with E-state index >= 15 is 0 Å². The molecular weight excluding hydrogens is 442 g/mol. The summed E-state index contributed by atoms with van der Waals surface area (Å²) in [4.78, 5) is 34.2. The highest BCUT2D eigenvalue weighted by Crippen LogP contribution is 2.31. The molecule has 0 saturated carbocycles. The van der Waals surface area contributed by atoms with Crippen molar-refractivity contribution in [2.75, 3.05) is 20.1 Å². The van der Waals surface area contributed by atoms with Crippen molar-refractivity contribution in [2.45, 2.75) is 32.2 Å². The van der Waals surface area contributed by atoms with Crippen molar-refractivity contribution in [3.63, 3.8) is 0 Å². The third kappa shape index (κ3) is 5.03. The molecule has 1 aliphatic rings. The predicted octanol–water partition coefficient (Wildman–Crippen LogP) is 4.63. The number of furan rings is 1. The fourth-order valence-corrected chi connectivity index (χ4v) is 4.34. The Kier molecular flexibility index (Phi) is 6.70. The largest absolute Gasteiger partial charge is 0.506 e. The maximum Gasteiger partial charge on any atom is 0.255 e. The first kappa shape index (κ1) is 22.9. The second kappa shape index (κ2) is 9.67. The van der Waals surface area contributed by atoms with Crippen LogP contribution in [0.1, 0.15) is 56.6 Å². The first-order valence-electron chi connectivity index (χ1n) is 10.9. The standard InChI is InChI=1S/C25H26ClN3O4/c1-16-5-7-20(25(32)28(2)15-19-4-3-13-33-19)23(27-16)17-9-11-29(12-10-17)24(31)18-6-8-22(30)21(26)14-18/h3-8,13-14,17,30H,9-12,15H2,1-2H3. The average Bonchev–Trinajstić information content (AvgIpc) is 3.33. The van der Waals surface area contributed by atoms with Crippen LogP contribution in [-0.4, -0.2) is 51.8 Å². The second-order valence-corrected chi connectivity index (χ2v) is 8.77. The second-order valence-electron chi connectivity index (χ2n) is 8.36. The van der Waals surface area contributed by atoms with Gasteiger partial charge in [-0.2, -0.15) is 0 Å². The topological polar surface area (TPSA) is 86.9 Å². The van der Waals surface area contributed by atoms with E-state index in [1.807, 2.05) is 25.1 Å². The zero-order valence-electron chi connectivity index (χ0n) is 18.6. The summed E-state index contributed by atoms with van der Waals surface area (Å²) in [6, 6.07) is 11.8. The molecule has 0 aliphatic carbocycles.